The van der Waals surface area contributed by atoms with E-state index in [1.807, 2.05) is 24.3 Å². The third-order valence-electron chi connectivity index (χ3n) is 4.38. The second kappa shape index (κ2) is 4.67. The number of benzene rings is 2. The fourth-order valence-corrected chi connectivity index (χ4v) is 3.25. The van der Waals surface area contributed by atoms with Crippen molar-refractivity contribution in [2.75, 3.05) is 19.0 Å². The summed E-state index contributed by atoms with van der Waals surface area (Å²) in [5, 5.41) is 11.4. The van der Waals surface area contributed by atoms with E-state index in [9.17, 15) is 5.11 Å². The molecule has 1 heterocycles. The Morgan fingerprint density at radius 2 is 1.91 bits per heavy atom. The number of H-pyrrole nitrogens is 1. The van der Waals surface area contributed by atoms with E-state index in [2.05, 4.69) is 48.3 Å². The Labute approximate surface area is 129 Å². The van der Waals surface area contributed by atoms with Crippen LogP contribution in [0.2, 0.25) is 0 Å². The molecule has 3 heteroatoms. The van der Waals surface area contributed by atoms with Crippen molar-refractivity contribution in [3.8, 4) is 5.88 Å². The Morgan fingerprint density at radius 1 is 1.09 bits per heavy atom. The maximum absolute atomic E-state index is 10.4. The van der Waals surface area contributed by atoms with Crippen molar-refractivity contribution in [1.82, 2.24) is 4.98 Å². The van der Waals surface area contributed by atoms with Crippen LogP contribution in [0.5, 0.6) is 5.88 Å². The van der Waals surface area contributed by atoms with Crippen LogP contribution in [0.4, 0.5) is 5.69 Å². The molecule has 1 aliphatic carbocycles. The van der Waals surface area contributed by atoms with Crippen molar-refractivity contribution in [3.63, 3.8) is 0 Å². The van der Waals surface area contributed by atoms with Gasteiger partial charge in [0.1, 0.15) is 0 Å². The van der Waals surface area contributed by atoms with Gasteiger partial charge in [0.05, 0.1) is 5.56 Å². The van der Waals surface area contributed by atoms with Crippen molar-refractivity contribution in [3.05, 3.63) is 65.2 Å². The number of allylic oxidation sites excluding steroid dienone is 1. The first-order valence-corrected chi connectivity index (χ1v) is 7.46. The summed E-state index contributed by atoms with van der Waals surface area (Å²) in [5.41, 5.74) is 6.73. The summed E-state index contributed by atoms with van der Waals surface area (Å²) in [7, 11) is 4.10. The van der Waals surface area contributed by atoms with Gasteiger partial charge in [0.15, 0.2) is 5.88 Å². The monoisotopic (exact) mass is 290 g/mol. The van der Waals surface area contributed by atoms with E-state index in [1.54, 1.807) is 0 Å². The average Bonchev–Trinajstić information content (AvgIpc) is 3.06. The third kappa shape index (κ3) is 1.82. The molecule has 2 aromatic carbocycles. The molecule has 0 radical (unpaired) electrons. The number of aromatic nitrogens is 1. The van der Waals surface area contributed by atoms with Crippen LogP contribution in [0, 0.1) is 0 Å². The smallest absolute Gasteiger partial charge is 0.197 e. The molecule has 0 saturated carbocycles. The second-order valence-electron chi connectivity index (χ2n) is 5.95. The van der Waals surface area contributed by atoms with E-state index in [-0.39, 0.29) is 5.88 Å². The van der Waals surface area contributed by atoms with Gasteiger partial charge in [0.25, 0.3) is 0 Å². The zero-order chi connectivity index (χ0) is 15.3. The van der Waals surface area contributed by atoms with Gasteiger partial charge in [0.2, 0.25) is 0 Å². The van der Waals surface area contributed by atoms with Crippen molar-refractivity contribution < 1.29 is 5.11 Å². The summed E-state index contributed by atoms with van der Waals surface area (Å²) in [6.45, 7) is 0. The molecule has 0 saturated heterocycles. The molecule has 0 aliphatic heterocycles. The van der Waals surface area contributed by atoms with Gasteiger partial charge in [-0.25, -0.2) is 0 Å². The molecule has 4 rings (SSSR count). The lowest BCUT2D eigenvalue weighted by molar-refractivity contribution is 0.457. The minimum Gasteiger partial charge on any atom is -0.494 e. The summed E-state index contributed by atoms with van der Waals surface area (Å²) in [6.07, 6.45) is 3.12. The number of rotatable bonds is 2. The number of fused-ring (bicyclic) bond motifs is 2. The maximum Gasteiger partial charge on any atom is 0.197 e. The summed E-state index contributed by atoms with van der Waals surface area (Å²) in [6, 6.07) is 14.5. The molecule has 0 unspecified atom stereocenters. The topological polar surface area (TPSA) is 39.3 Å². The van der Waals surface area contributed by atoms with Gasteiger partial charge >= 0.3 is 0 Å². The molecule has 0 fully saturated rings. The van der Waals surface area contributed by atoms with E-state index in [1.165, 1.54) is 16.8 Å². The van der Waals surface area contributed by atoms with Gasteiger partial charge in [-0.15, -0.1) is 0 Å². The fourth-order valence-electron chi connectivity index (χ4n) is 3.25. The Balaban J connectivity index is 1.88. The average molecular weight is 290 g/mol. The number of hydrogen-bond acceptors (Lipinski definition) is 2. The molecule has 1 aromatic heterocycles. The predicted octanol–water partition coefficient (Wildman–Crippen LogP) is 3.93. The molecule has 2 N–H and O–H groups in total. The van der Waals surface area contributed by atoms with Crippen molar-refractivity contribution in [1.29, 1.82) is 0 Å². The van der Waals surface area contributed by atoms with E-state index >= 15 is 0 Å². The summed E-state index contributed by atoms with van der Waals surface area (Å²) in [4.78, 5) is 5.18. The molecular weight excluding hydrogens is 272 g/mol. The Kier molecular flexibility index (Phi) is 2.76. The van der Waals surface area contributed by atoms with Crippen LogP contribution >= 0.6 is 0 Å². The highest BCUT2D eigenvalue weighted by Gasteiger charge is 2.22. The largest absolute Gasteiger partial charge is 0.494 e. The lowest BCUT2D eigenvalue weighted by atomic mass is 9.98. The molecule has 22 heavy (non-hydrogen) atoms. The second-order valence-corrected chi connectivity index (χ2v) is 5.95. The van der Waals surface area contributed by atoms with Crippen molar-refractivity contribution >= 4 is 22.2 Å². The highest BCUT2D eigenvalue weighted by Crippen LogP contribution is 2.41. The molecule has 0 atom stereocenters. The number of hydrogen-bond donors (Lipinski definition) is 2. The maximum atomic E-state index is 10.4. The van der Waals surface area contributed by atoms with E-state index in [0.29, 0.717) is 0 Å². The summed E-state index contributed by atoms with van der Waals surface area (Å²) < 4.78 is 0. The van der Waals surface area contributed by atoms with Crippen molar-refractivity contribution in [2.45, 2.75) is 6.42 Å². The van der Waals surface area contributed by atoms with Crippen molar-refractivity contribution in [2.24, 2.45) is 0 Å². The molecule has 110 valence electrons. The van der Waals surface area contributed by atoms with E-state index in [4.69, 9.17) is 0 Å². The van der Waals surface area contributed by atoms with Gasteiger partial charge in [0, 0.05) is 30.7 Å². The fraction of sp³-hybridized carbons (Fsp3) is 0.158. The van der Waals surface area contributed by atoms with Crippen LogP contribution < -0.4 is 4.90 Å². The lowest BCUT2D eigenvalue weighted by Gasteiger charge is -2.14. The highest BCUT2D eigenvalue weighted by atomic mass is 16.3. The molecule has 0 amide bonds. The number of nitrogens with zero attached hydrogens (tertiary/aromatic N) is 1. The standard InChI is InChI=1S/C19H18N2O/c1-21(2)13-8-10-14-12(11-13)7-9-15(14)18-16-5-3-4-6-17(16)20-19(18)22/h3-6,8-11,20,22H,7H2,1-2H3. The van der Waals surface area contributed by atoms with Crippen LogP contribution in [-0.2, 0) is 6.42 Å². The normalized spacial score (nSPS) is 13.3. The first kappa shape index (κ1) is 13.0. The highest BCUT2D eigenvalue weighted by molar-refractivity contribution is 6.01. The van der Waals surface area contributed by atoms with Gasteiger partial charge in [-0.05, 0) is 41.3 Å². The summed E-state index contributed by atoms with van der Waals surface area (Å²) in [5.74, 6) is 0.247. The Hall–Kier alpha value is -2.68. The molecule has 0 spiro atoms. The minimum atomic E-state index is 0.247. The Morgan fingerprint density at radius 3 is 2.73 bits per heavy atom. The zero-order valence-electron chi connectivity index (χ0n) is 12.7. The zero-order valence-corrected chi connectivity index (χ0v) is 12.7. The molecule has 1 aliphatic rings. The van der Waals surface area contributed by atoms with Gasteiger partial charge in [-0.2, -0.15) is 0 Å². The lowest BCUT2D eigenvalue weighted by Crippen LogP contribution is -2.08. The van der Waals surface area contributed by atoms with Gasteiger partial charge < -0.3 is 15.0 Å². The van der Waals surface area contributed by atoms with Crippen LogP contribution in [0.15, 0.2) is 48.5 Å². The number of aromatic hydroxyl groups is 1. The van der Waals surface area contributed by atoms with Crippen LogP contribution in [0.3, 0.4) is 0 Å². The van der Waals surface area contributed by atoms with E-state index < -0.39 is 0 Å². The number of para-hydroxylation sites is 1. The molecular formula is C19H18N2O. The number of nitrogens with one attached hydrogen (secondary N) is 1. The van der Waals surface area contributed by atoms with E-state index in [0.717, 1.165) is 28.5 Å². The SMILES string of the molecule is CN(C)c1ccc2c(c1)CC=C2c1c(O)[nH]c2ccccc12. The third-order valence-corrected chi connectivity index (χ3v) is 4.38. The first-order chi connectivity index (χ1) is 10.6. The van der Waals surface area contributed by atoms with Crippen LogP contribution in [-0.4, -0.2) is 24.2 Å². The van der Waals surface area contributed by atoms with Crippen LogP contribution in [0.25, 0.3) is 16.5 Å². The van der Waals surface area contributed by atoms with Crippen LogP contribution in [0.1, 0.15) is 16.7 Å². The molecule has 3 aromatic rings. The molecule has 3 nitrogen and oxygen atoms in total. The first-order valence-electron chi connectivity index (χ1n) is 7.46. The molecule has 0 bridgehead atoms. The van der Waals surface area contributed by atoms with Gasteiger partial charge in [-0.1, -0.05) is 30.3 Å². The number of aromatic amines is 1. The Bertz CT molecular complexity index is 903. The predicted molar refractivity (Wildman–Crippen MR) is 91.5 cm³/mol. The number of anilines is 1. The minimum absolute atomic E-state index is 0.247. The summed E-state index contributed by atoms with van der Waals surface area (Å²) >= 11 is 0. The van der Waals surface area contributed by atoms with Gasteiger partial charge in [-0.3, -0.25) is 0 Å². The quantitative estimate of drug-likeness (QED) is 0.750.